The monoisotopic (exact) mass is 285 g/mol. The van der Waals surface area contributed by atoms with Gasteiger partial charge in [-0.05, 0) is 30.5 Å². The van der Waals surface area contributed by atoms with Crippen LogP contribution < -0.4 is 10.1 Å². The van der Waals surface area contributed by atoms with E-state index in [9.17, 15) is 4.79 Å². The number of amides is 1. The lowest BCUT2D eigenvalue weighted by atomic mass is 9.95. The van der Waals surface area contributed by atoms with Gasteiger partial charge in [0, 0.05) is 24.4 Å². The van der Waals surface area contributed by atoms with E-state index < -0.39 is 0 Å². The lowest BCUT2D eigenvalue weighted by Gasteiger charge is -2.17. The fourth-order valence-electron chi connectivity index (χ4n) is 2.55. The molecule has 0 spiro atoms. The zero-order valence-corrected chi connectivity index (χ0v) is 12.1. The number of carbonyl (C=O) groups excluding carboxylic acids is 1. The Morgan fingerprint density at radius 3 is 3.00 bits per heavy atom. The average Bonchev–Trinajstić information content (AvgIpc) is 3.15. The molecule has 0 radical (unpaired) electrons. The van der Waals surface area contributed by atoms with Gasteiger partial charge < -0.3 is 15.0 Å². The number of imidazole rings is 1. The normalized spacial score (nSPS) is 15.5. The van der Waals surface area contributed by atoms with Crippen LogP contribution in [0.5, 0.6) is 5.75 Å². The third kappa shape index (κ3) is 3.07. The van der Waals surface area contributed by atoms with Gasteiger partial charge in [-0.15, -0.1) is 0 Å². The van der Waals surface area contributed by atoms with Crippen molar-refractivity contribution >= 4 is 5.91 Å². The van der Waals surface area contributed by atoms with E-state index in [-0.39, 0.29) is 11.3 Å². The van der Waals surface area contributed by atoms with Crippen LogP contribution in [0, 0.1) is 0 Å². The van der Waals surface area contributed by atoms with E-state index in [0.717, 1.165) is 18.6 Å². The summed E-state index contributed by atoms with van der Waals surface area (Å²) in [6, 6.07) is 8.11. The Morgan fingerprint density at radius 1 is 1.48 bits per heavy atom. The van der Waals surface area contributed by atoms with Crippen LogP contribution in [0.2, 0.25) is 0 Å². The topological polar surface area (TPSA) is 67.0 Å². The molecule has 110 valence electrons. The van der Waals surface area contributed by atoms with Crippen molar-refractivity contribution in [2.45, 2.75) is 24.7 Å². The van der Waals surface area contributed by atoms with Gasteiger partial charge in [0.1, 0.15) is 11.6 Å². The Hall–Kier alpha value is -2.30. The second-order valence-corrected chi connectivity index (χ2v) is 5.50. The van der Waals surface area contributed by atoms with E-state index in [0.29, 0.717) is 18.8 Å². The van der Waals surface area contributed by atoms with Crippen molar-refractivity contribution in [3.63, 3.8) is 0 Å². The van der Waals surface area contributed by atoms with Crippen molar-refractivity contribution in [2.24, 2.45) is 0 Å². The van der Waals surface area contributed by atoms with Crippen LogP contribution in [0.15, 0.2) is 36.7 Å². The maximum Gasteiger partial charge on any atom is 0.227 e. The Morgan fingerprint density at radius 2 is 2.33 bits per heavy atom. The molecule has 0 saturated heterocycles. The maximum atomic E-state index is 11.9. The van der Waals surface area contributed by atoms with Crippen LogP contribution in [-0.2, 0) is 16.6 Å². The molecule has 0 aliphatic heterocycles. The smallest absolute Gasteiger partial charge is 0.227 e. The van der Waals surface area contributed by atoms with Crippen LogP contribution >= 0.6 is 0 Å². The molecule has 3 rings (SSSR count). The van der Waals surface area contributed by atoms with E-state index in [1.54, 1.807) is 19.5 Å². The molecule has 0 atom stereocenters. The summed E-state index contributed by atoms with van der Waals surface area (Å²) in [5.41, 5.74) is 1.31. The van der Waals surface area contributed by atoms with E-state index in [2.05, 4.69) is 27.4 Å². The molecule has 1 aliphatic carbocycles. The lowest BCUT2D eigenvalue weighted by molar-refractivity contribution is -0.120. The molecule has 1 saturated carbocycles. The Bertz CT molecular complexity index is 618. The van der Waals surface area contributed by atoms with Gasteiger partial charge in [-0.2, -0.15) is 0 Å². The van der Waals surface area contributed by atoms with Gasteiger partial charge in [0.05, 0.1) is 13.5 Å². The molecular formula is C16H19N3O2. The second kappa shape index (κ2) is 5.60. The molecule has 5 nitrogen and oxygen atoms in total. The number of carbonyl (C=O) groups is 1. The highest BCUT2D eigenvalue weighted by molar-refractivity contribution is 5.77. The van der Waals surface area contributed by atoms with Gasteiger partial charge in [0.2, 0.25) is 5.91 Å². The predicted octanol–water partition coefficient (Wildman–Crippen LogP) is 1.81. The number of ether oxygens (including phenoxy) is 1. The van der Waals surface area contributed by atoms with E-state index in [1.807, 2.05) is 12.1 Å². The second-order valence-electron chi connectivity index (χ2n) is 5.50. The first kappa shape index (κ1) is 13.7. The molecule has 1 aliphatic rings. The molecule has 0 bridgehead atoms. The van der Waals surface area contributed by atoms with Crippen molar-refractivity contribution in [3.05, 3.63) is 48.0 Å². The number of aromatic amines is 1. The predicted molar refractivity (Wildman–Crippen MR) is 79.2 cm³/mol. The van der Waals surface area contributed by atoms with Crippen molar-refractivity contribution in [2.75, 3.05) is 13.7 Å². The largest absolute Gasteiger partial charge is 0.497 e. The molecule has 5 heteroatoms. The number of nitrogens with one attached hydrogen (secondary N) is 2. The first-order valence-corrected chi connectivity index (χ1v) is 7.11. The molecule has 21 heavy (non-hydrogen) atoms. The third-order valence-corrected chi connectivity index (χ3v) is 4.04. The quantitative estimate of drug-likeness (QED) is 0.850. The first-order chi connectivity index (χ1) is 10.2. The number of H-pyrrole nitrogens is 1. The Labute approximate surface area is 123 Å². The summed E-state index contributed by atoms with van der Waals surface area (Å²) in [4.78, 5) is 18.9. The Kier molecular flexibility index (Phi) is 3.64. The van der Waals surface area contributed by atoms with Gasteiger partial charge in [-0.3, -0.25) is 4.79 Å². The SMILES string of the molecule is COc1cccc(C2(CNC(=O)Cc3ncc[nH]3)CC2)c1. The van der Waals surface area contributed by atoms with Crippen molar-refractivity contribution in [1.29, 1.82) is 0 Å². The third-order valence-electron chi connectivity index (χ3n) is 4.04. The molecule has 2 N–H and O–H groups in total. The Balaban J connectivity index is 1.60. The fraction of sp³-hybridized carbons (Fsp3) is 0.375. The summed E-state index contributed by atoms with van der Waals surface area (Å²) in [5.74, 6) is 1.55. The van der Waals surface area contributed by atoms with E-state index >= 15 is 0 Å². The molecule has 1 fully saturated rings. The molecular weight excluding hydrogens is 266 g/mol. The number of hydrogen-bond donors (Lipinski definition) is 2. The molecule has 0 unspecified atom stereocenters. The summed E-state index contributed by atoms with van der Waals surface area (Å²) in [7, 11) is 1.67. The minimum atomic E-state index is -0.000814. The van der Waals surface area contributed by atoms with Gasteiger partial charge in [-0.25, -0.2) is 4.98 Å². The van der Waals surface area contributed by atoms with Crippen LogP contribution in [0.3, 0.4) is 0 Å². The minimum Gasteiger partial charge on any atom is -0.497 e. The van der Waals surface area contributed by atoms with Crippen LogP contribution in [0.4, 0.5) is 0 Å². The summed E-state index contributed by atoms with van der Waals surface area (Å²) in [5, 5.41) is 3.02. The highest BCUT2D eigenvalue weighted by Gasteiger charge is 2.44. The molecule has 2 aromatic rings. The van der Waals surface area contributed by atoms with Crippen LogP contribution in [0.25, 0.3) is 0 Å². The highest BCUT2D eigenvalue weighted by atomic mass is 16.5. The molecule has 1 heterocycles. The van der Waals surface area contributed by atoms with Crippen molar-refractivity contribution in [1.82, 2.24) is 15.3 Å². The highest BCUT2D eigenvalue weighted by Crippen LogP contribution is 2.48. The number of rotatable bonds is 6. The van der Waals surface area contributed by atoms with E-state index in [1.165, 1.54) is 5.56 Å². The van der Waals surface area contributed by atoms with Gasteiger partial charge in [0.15, 0.2) is 0 Å². The van der Waals surface area contributed by atoms with Crippen LogP contribution in [-0.4, -0.2) is 29.5 Å². The lowest BCUT2D eigenvalue weighted by Crippen LogP contribution is -2.33. The maximum absolute atomic E-state index is 11.9. The van der Waals surface area contributed by atoms with Crippen molar-refractivity contribution < 1.29 is 9.53 Å². The number of nitrogens with zero attached hydrogens (tertiary/aromatic N) is 1. The van der Waals surface area contributed by atoms with E-state index in [4.69, 9.17) is 4.74 Å². The number of aromatic nitrogens is 2. The number of benzene rings is 1. The number of hydrogen-bond acceptors (Lipinski definition) is 3. The summed E-state index contributed by atoms with van der Waals surface area (Å²) < 4.78 is 5.27. The fourth-order valence-corrected chi connectivity index (χ4v) is 2.55. The van der Waals surface area contributed by atoms with Gasteiger partial charge in [-0.1, -0.05) is 12.1 Å². The van der Waals surface area contributed by atoms with Crippen LogP contribution in [0.1, 0.15) is 24.2 Å². The first-order valence-electron chi connectivity index (χ1n) is 7.11. The molecule has 1 aromatic heterocycles. The van der Waals surface area contributed by atoms with Crippen molar-refractivity contribution in [3.8, 4) is 5.75 Å². The molecule has 1 amide bonds. The summed E-state index contributed by atoms with van der Waals surface area (Å²) in [6.45, 7) is 0.666. The van der Waals surface area contributed by atoms with Gasteiger partial charge >= 0.3 is 0 Å². The van der Waals surface area contributed by atoms with Gasteiger partial charge in [0.25, 0.3) is 0 Å². The summed E-state index contributed by atoms with van der Waals surface area (Å²) in [6.07, 6.45) is 5.87. The number of methoxy groups -OCH3 is 1. The summed E-state index contributed by atoms with van der Waals surface area (Å²) >= 11 is 0. The standard InChI is InChI=1S/C16H19N3O2/c1-21-13-4-2-3-12(9-13)16(5-6-16)11-19-15(20)10-14-17-7-8-18-14/h2-4,7-9H,5-6,10-11H2,1H3,(H,17,18)(H,19,20). The average molecular weight is 285 g/mol. The minimum absolute atomic E-state index is 0.000814. The zero-order valence-electron chi connectivity index (χ0n) is 12.1. The zero-order chi connectivity index (χ0) is 14.7. The molecule has 1 aromatic carbocycles.